The van der Waals surface area contributed by atoms with E-state index in [0.717, 1.165) is 31.7 Å². The molecule has 0 bridgehead atoms. The molecule has 1 aliphatic heterocycles. The van der Waals surface area contributed by atoms with Gasteiger partial charge in [-0.15, -0.1) is 0 Å². The zero-order chi connectivity index (χ0) is 13.0. The Morgan fingerprint density at radius 3 is 2.33 bits per heavy atom. The Labute approximate surface area is 109 Å². The van der Waals surface area contributed by atoms with E-state index in [-0.39, 0.29) is 5.91 Å². The topological polar surface area (TPSA) is 35.6 Å². The summed E-state index contributed by atoms with van der Waals surface area (Å²) in [5.41, 5.74) is 2.41. The third kappa shape index (κ3) is 3.47. The summed E-state index contributed by atoms with van der Waals surface area (Å²) in [4.78, 5) is 15.6. The highest BCUT2D eigenvalue weighted by Crippen LogP contribution is 2.16. The number of nitrogens with zero attached hydrogens (tertiary/aromatic N) is 2. The van der Waals surface area contributed by atoms with E-state index in [0.29, 0.717) is 6.54 Å². The van der Waals surface area contributed by atoms with Crippen LogP contribution < -0.4 is 10.2 Å². The van der Waals surface area contributed by atoms with Crippen molar-refractivity contribution in [3.63, 3.8) is 0 Å². The molecule has 4 heteroatoms. The number of piperazine rings is 1. The van der Waals surface area contributed by atoms with Gasteiger partial charge in [-0.1, -0.05) is 12.1 Å². The van der Waals surface area contributed by atoms with E-state index in [9.17, 15) is 4.79 Å². The number of hydrogen-bond acceptors (Lipinski definition) is 3. The van der Waals surface area contributed by atoms with Crippen LogP contribution in [0.3, 0.4) is 0 Å². The van der Waals surface area contributed by atoms with Crippen molar-refractivity contribution in [3.8, 4) is 0 Å². The fourth-order valence-corrected chi connectivity index (χ4v) is 2.12. The lowest BCUT2D eigenvalue weighted by Crippen LogP contribution is -2.44. The molecule has 0 spiro atoms. The number of benzene rings is 1. The van der Waals surface area contributed by atoms with Crippen molar-refractivity contribution >= 4 is 11.6 Å². The van der Waals surface area contributed by atoms with Crippen LogP contribution in [0.2, 0.25) is 0 Å². The number of carbonyl (C=O) groups is 1. The highest BCUT2D eigenvalue weighted by atomic mass is 16.1. The number of anilines is 1. The van der Waals surface area contributed by atoms with Gasteiger partial charge in [0.1, 0.15) is 0 Å². The Bertz CT molecular complexity index is 394. The van der Waals surface area contributed by atoms with Crippen molar-refractivity contribution in [3.05, 3.63) is 29.8 Å². The number of amides is 1. The predicted molar refractivity (Wildman–Crippen MR) is 73.7 cm³/mol. The standard InChI is InChI=1S/C14H21N3O/c1-12(18)15-11-13-3-5-14(6-4-13)17-9-7-16(2)8-10-17/h3-6H,7-11H2,1-2H3,(H,15,18). The third-order valence-corrected chi connectivity index (χ3v) is 3.35. The summed E-state index contributed by atoms with van der Waals surface area (Å²) in [6.45, 7) is 6.56. The average molecular weight is 247 g/mol. The summed E-state index contributed by atoms with van der Waals surface area (Å²) in [5.74, 6) is 0.0122. The van der Waals surface area contributed by atoms with Crippen LogP contribution in [0, 0.1) is 0 Å². The molecule has 0 radical (unpaired) electrons. The lowest BCUT2D eigenvalue weighted by atomic mass is 10.2. The molecule has 1 amide bonds. The van der Waals surface area contributed by atoms with Gasteiger partial charge in [0.15, 0.2) is 0 Å². The van der Waals surface area contributed by atoms with Gasteiger partial charge in [0.05, 0.1) is 0 Å². The summed E-state index contributed by atoms with van der Waals surface area (Å²) >= 11 is 0. The van der Waals surface area contributed by atoms with Crippen LogP contribution in [0.25, 0.3) is 0 Å². The molecule has 4 nitrogen and oxygen atoms in total. The minimum atomic E-state index is 0.0122. The van der Waals surface area contributed by atoms with Crippen molar-refractivity contribution in [2.75, 3.05) is 38.1 Å². The van der Waals surface area contributed by atoms with E-state index in [2.05, 4.69) is 46.4 Å². The maximum Gasteiger partial charge on any atom is 0.217 e. The molecule has 1 aliphatic rings. The Morgan fingerprint density at radius 1 is 1.17 bits per heavy atom. The lowest BCUT2D eigenvalue weighted by Gasteiger charge is -2.34. The molecule has 1 N–H and O–H groups in total. The molecule has 0 aromatic heterocycles. The van der Waals surface area contributed by atoms with E-state index < -0.39 is 0 Å². The van der Waals surface area contributed by atoms with Gasteiger partial charge in [0, 0.05) is 45.3 Å². The maximum atomic E-state index is 10.8. The second-order valence-corrected chi connectivity index (χ2v) is 4.87. The molecule has 1 aromatic carbocycles. The molecule has 0 atom stereocenters. The van der Waals surface area contributed by atoms with E-state index in [4.69, 9.17) is 0 Å². The average Bonchev–Trinajstić information content (AvgIpc) is 2.38. The Hall–Kier alpha value is -1.55. The van der Waals surface area contributed by atoms with E-state index in [1.165, 1.54) is 5.69 Å². The van der Waals surface area contributed by atoms with Gasteiger partial charge in [-0.3, -0.25) is 4.79 Å². The van der Waals surface area contributed by atoms with E-state index >= 15 is 0 Å². The normalized spacial score (nSPS) is 16.7. The minimum Gasteiger partial charge on any atom is -0.369 e. The molecule has 1 aromatic rings. The minimum absolute atomic E-state index is 0.0122. The molecule has 1 saturated heterocycles. The van der Waals surface area contributed by atoms with Crippen molar-refractivity contribution in [1.29, 1.82) is 0 Å². The van der Waals surface area contributed by atoms with E-state index in [1.807, 2.05) is 0 Å². The summed E-state index contributed by atoms with van der Waals surface area (Å²) in [5, 5.41) is 2.81. The highest BCUT2D eigenvalue weighted by Gasteiger charge is 2.13. The van der Waals surface area contributed by atoms with Gasteiger partial charge >= 0.3 is 0 Å². The first-order valence-corrected chi connectivity index (χ1v) is 6.42. The molecular weight excluding hydrogens is 226 g/mol. The monoisotopic (exact) mass is 247 g/mol. The van der Waals surface area contributed by atoms with Crippen LogP contribution >= 0.6 is 0 Å². The third-order valence-electron chi connectivity index (χ3n) is 3.35. The summed E-state index contributed by atoms with van der Waals surface area (Å²) in [6, 6.07) is 8.46. The molecule has 1 fully saturated rings. The van der Waals surface area contributed by atoms with Gasteiger partial charge in [-0.25, -0.2) is 0 Å². The van der Waals surface area contributed by atoms with Gasteiger partial charge < -0.3 is 15.1 Å². The first-order chi connectivity index (χ1) is 8.65. The van der Waals surface area contributed by atoms with Crippen molar-refractivity contribution in [1.82, 2.24) is 10.2 Å². The Morgan fingerprint density at radius 2 is 1.78 bits per heavy atom. The van der Waals surface area contributed by atoms with Gasteiger partial charge in [-0.05, 0) is 24.7 Å². The van der Waals surface area contributed by atoms with Crippen LogP contribution in [0.1, 0.15) is 12.5 Å². The second kappa shape index (κ2) is 5.87. The first kappa shape index (κ1) is 12.9. The Balaban J connectivity index is 1.93. The Kier molecular flexibility index (Phi) is 4.20. The van der Waals surface area contributed by atoms with Gasteiger partial charge in [-0.2, -0.15) is 0 Å². The lowest BCUT2D eigenvalue weighted by molar-refractivity contribution is -0.119. The zero-order valence-electron chi connectivity index (χ0n) is 11.1. The van der Waals surface area contributed by atoms with Gasteiger partial charge in [0.25, 0.3) is 0 Å². The highest BCUT2D eigenvalue weighted by molar-refractivity contribution is 5.72. The van der Waals surface area contributed by atoms with E-state index in [1.54, 1.807) is 6.92 Å². The van der Waals surface area contributed by atoms with Crippen LogP contribution in [0.5, 0.6) is 0 Å². The maximum absolute atomic E-state index is 10.8. The largest absolute Gasteiger partial charge is 0.369 e. The number of nitrogens with one attached hydrogen (secondary N) is 1. The summed E-state index contributed by atoms with van der Waals surface area (Å²) in [7, 11) is 2.16. The molecule has 0 saturated carbocycles. The molecule has 18 heavy (non-hydrogen) atoms. The molecule has 0 unspecified atom stereocenters. The SMILES string of the molecule is CC(=O)NCc1ccc(N2CCN(C)CC2)cc1. The second-order valence-electron chi connectivity index (χ2n) is 4.87. The molecule has 2 rings (SSSR count). The van der Waals surface area contributed by atoms with Crippen LogP contribution in [0.15, 0.2) is 24.3 Å². The number of likely N-dealkylation sites (N-methyl/N-ethyl adjacent to an activating group) is 1. The first-order valence-electron chi connectivity index (χ1n) is 6.42. The molecular formula is C14H21N3O. The number of hydrogen-bond donors (Lipinski definition) is 1. The molecule has 1 heterocycles. The van der Waals surface area contributed by atoms with Crippen LogP contribution in [-0.4, -0.2) is 44.0 Å². The van der Waals surface area contributed by atoms with Gasteiger partial charge in [0.2, 0.25) is 5.91 Å². The fourth-order valence-electron chi connectivity index (χ4n) is 2.12. The number of carbonyl (C=O) groups excluding carboxylic acids is 1. The molecule has 98 valence electrons. The smallest absolute Gasteiger partial charge is 0.217 e. The number of rotatable bonds is 3. The zero-order valence-corrected chi connectivity index (χ0v) is 11.1. The summed E-state index contributed by atoms with van der Waals surface area (Å²) in [6.07, 6.45) is 0. The predicted octanol–water partition coefficient (Wildman–Crippen LogP) is 1.07. The van der Waals surface area contributed by atoms with Crippen molar-refractivity contribution in [2.45, 2.75) is 13.5 Å². The van der Waals surface area contributed by atoms with Crippen LogP contribution in [-0.2, 0) is 11.3 Å². The summed E-state index contributed by atoms with van der Waals surface area (Å²) < 4.78 is 0. The molecule has 0 aliphatic carbocycles. The van der Waals surface area contributed by atoms with Crippen molar-refractivity contribution < 1.29 is 4.79 Å². The van der Waals surface area contributed by atoms with Crippen molar-refractivity contribution in [2.24, 2.45) is 0 Å². The van der Waals surface area contributed by atoms with Crippen LogP contribution in [0.4, 0.5) is 5.69 Å². The quantitative estimate of drug-likeness (QED) is 0.868. The fraction of sp³-hybridized carbons (Fsp3) is 0.500.